The van der Waals surface area contributed by atoms with E-state index in [1.165, 1.54) is 37.7 Å². The van der Waals surface area contributed by atoms with Crippen LogP contribution >= 0.6 is 24.0 Å². The van der Waals surface area contributed by atoms with Crippen molar-refractivity contribution in [2.45, 2.75) is 56.4 Å². The van der Waals surface area contributed by atoms with Crippen molar-refractivity contribution in [1.29, 1.82) is 0 Å². The number of guanidine groups is 1. The number of hydrogen-bond donors (Lipinski definition) is 2. The van der Waals surface area contributed by atoms with Crippen LogP contribution in [0.5, 0.6) is 5.75 Å². The molecule has 1 saturated heterocycles. The molecular formula is C20H32IN3O2. The largest absolute Gasteiger partial charge is 0.497 e. The molecule has 6 heteroatoms. The highest BCUT2D eigenvalue weighted by Gasteiger charge is 2.34. The van der Waals surface area contributed by atoms with Crippen LogP contribution in [0.4, 0.5) is 0 Å². The summed E-state index contributed by atoms with van der Waals surface area (Å²) in [6.45, 7) is 2.25. The number of methoxy groups -OCH3 is 1. The van der Waals surface area contributed by atoms with Crippen molar-refractivity contribution in [2.24, 2.45) is 10.7 Å². The van der Waals surface area contributed by atoms with Gasteiger partial charge in [-0.2, -0.15) is 0 Å². The second kappa shape index (κ2) is 10.3. The first-order valence-electron chi connectivity index (χ1n) is 9.51. The molecule has 0 amide bonds. The summed E-state index contributed by atoms with van der Waals surface area (Å²) < 4.78 is 10.9. The molecule has 146 valence electrons. The third-order valence-corrected chi connectivity index (χ3v) is 5.66. The lowest BCUT2D eigenvalue weighted by Crippen LogP contribution is -2.43. The van der Waals surface area contributed by atoms with Gasteiger partial charge in [0.15, 0.2) is 5.96 Å². The van der Waals surface area contributed by atoms with Gasteiger partial charge in [0.25, 0.3) is 0 Å². The number of nitrogens with two attached hydrogens (primary N) is 1. The van der Waals surface area contributed by atoms with Crippen LogP contribution < -0.4 is 15.8 Å². The first-order chi connectivity index (χ1) is 12.2. The SMILES string of the molecule is COc1ccc(C2(CN=C(N)NC3CCCCC3)CCOCC2)cc1.I. The Morgan fingerprint density at radius 2 is 1.85 bits per heavy atom. The molecule has 3 N–H and O–H groups in total. The summed E-state index contributed by atoms with van der Waals surface area (Å²) in [5.74, 6) is 1.47. The van der Waals surface area contributed by atoms with Gasteiger partial charge in [-0.3, -0.25) is 4.99 Å². The molecule has 3 rings (SSSR count). The zero-order valence-electron chi connectivity index (χ0n) is 15.7. The summed E-state index contributed by atoms with van der Waals surface area (Å²) in [4.78, 5) is 4.73. The van der Waals surface area contributed by atoms with E-state index < -0.39 is 0 Å². The van der Waals surface area contributed by atoms with Crippen molar-refractivity contribution in [3.05, 3.63) is 29.8 Å². The van der Waals surface area contributed by atoms with Crippen molar-refractivity contribution in [3.63, 3.8) is 0 Å². The van der Waals surface area contributed by atoms with Crippen LogP contribution in [0.1, 0.15) is 50.5 Å². The van der Waals surface area contributed by atoms with E-state index in [9.17, 15) is 0 Å². The third kappa shape index (κ3) is 5.49. The number of ether oxygens (including phenoxy) is 2. The smallest absolute Gasteiger partial charge is 0.188 e. The Bertz CT molecular complexity index is 565. The van der Waals surface area contributed by atoms with Crippen LogP contribution in [0.2, 0.25) is 0 Å². The molecule has 1 aliphatic carbocycles. The molecule has 1 saturated carbocycles. The second-order valence-corrected chi connectivity index (χ2v) is 7.30. The molecule has 0 aromatic heterocycles. The quantitative estimate of drug-likeness (QED) is 0.390. The van der Waals surface area contributed by atoms with Gasteiger partial charge in [-0.25, -0.2) is 0 Å². The molecule has 0 radical (unpaired) electrons. The zero-order chi connectivity index (χ0) is 17.5. The molecule has 1 aromatic carbocycles. The molecule has 1 aromatic rings. The molecule has 0 unspecified atom stereocenters. The molecule has 5 nitrogen and oxygen atoms in total. The molecule has 2 aliphatic rings. The van der Waals surface area contributed by atoms with E-state index in [1.54, 1.807) is 7.11 Å². The fraction of sp³-hybridized carbons (Fsp3) is 0.650. The highest BCUT2D eigenvalue weighted by Crippen LogP contribution is 2.36. The fourth-order valence-corrected chi connectivity index (χ4v) is 3.98. The Morgan fingerprint density at radius 3 is 2.46 bits per heavy atom. The number of benzene rings is 1. The minimum atomic E-state index is 0. The number of nitrogens with zero attached hydrogens (tertiary/aromatic N) is 1. The van der Waals surface area contributed by atoms with E-state index in [0.717, 1.165) is 31.8 Å². The molecule has 2 fully saturated rings. The lowest BCUT2D eigenvalue weighted by atomic mass is 9.74. The van der Waals surface area contributed by atoms with Crippen molar-refractivity contribution < 1.29 is 9.47 Å². The molecule has 1 heterocycles. The Hall–Kier alpha value is -1.02. The monoisotopic (exact) mass is 473 g/mol. The Labute approximate surface area is 174 Å². The predicted molar refractivity (Wildman–Crippen MR) is 117 cm³/mol. The van der Waals surface area contributed by atoms with Crippen molar-refractivity contribution in [1.82, 2.24) is 5.32 Å². The maximum Gasteiger partial charge on any atom is 0.188 e. The average molecular weight is 473 g/mol. The number of nitrogens with one attached hydrogen (secondary N) is 1. The van der Waals surface area contributed by atoms with Crippen LogP contribution in [-0.2, 0) is 10.2 Å². The van der Waals surface area contributed by atoms with E-state index in [4.69, 9.17) is 20.2 Å². The van der Waals surface area contributed by atoms with Gasteiger partial charge < -0.3 is 20.5 Å². The minimum Gasteiger partial charge on any atom is -0.497 e. The summed E-state index contributed by atoms with van der Waals surface area (Å²) in [6, 6.07) is 8.86. The lowest BCUT2D eigenvalue weighted by molar-refractivity contribution is 0.0531. The fourth-order valence-electron chi connectivity index (χ4n) is 3.98. The molecule has 0 atom stereocenters. The second-order valence-electron chi connectivity index (χ2n) is 7.30. The Kier molecular flexibility index (Phi) is 8.47. The normalized spacial score (nSPS) is 20.9. The van der Waals surface area contributed by atoms with E-state index in [2.05, 4.69) is 17.4 Å². The van der Waals surface area contributed by atoms with Gasteiger partial charge in [-0.1, -0.05) is 31.4 Å². The Morgan fingerprint density at radius 1 is 1.19 bits per heavy atom. The highest BCUT2D eigenvalue weighted by molar-refractivity contribution is 14.0. The topological polar surface area (TPSA) is 68.9 Å². The van der Waals surface area contributed by atoms with Crippen molar-refractivity contribution in [2.75, 3.05) is 26.9 Å². The van der Waals surface area contributed by atoms with Crippen LogP contribution in [0.3, 0.4) is 0 Å². The van der Waals surface area contributed by atoms with E-state index in [1.807, 2.05) is 12.1 Å². The van der Waals surface area contributed by atoms with Gasteiger partial charge in [0.1, 0.15) is 5.75 Å². The summed E-state index contributed by atoms with van der Waals surface area (Å²) >= 11 is 0. The summed E-state index contributed by atoms with van der Waals surface area (Å²) in [6.07, 6.45) is 8.27. The molecular weight excluding hydrogens is 441 g/mol. The summed E-state index contributed by atoms with van der Waals surface area (Å²) in [5.41, 5.74) is 7.49. The average Bonchev–Trinajstić information content (AvgIpc) is 2.68. The number of hydrogen-bond acceptors (Lipinski definition) is 3. The maximum absolute atomic E-state index is 6.19. The Balaban J connectivity index is 0.00000243. The first-order valence-corrected chi connectivity index (χ1v) is 9.51. The molecule has 1 aliphatic heterocycles. The van der Waals surface area contributed by atoms with Gasteiger partial charge in [0.05, 0.1) is 13.7 Å². The van der Waals surface area contributed by atoms with Gasteiger partial charge in [0, 0.05) is 24.7 Å². The van der Waals surface area contributed by atoms with Crippen molar-refractivity contribution >= 4 is 29.9 Å². The van der Waals surface area contributed by atoms with Crippen LogP contribution in [-0.4, -0.2) is 38.9 Å². The van der Waals surface area contributed by atoms with Gasteiger partial charge in [0.2, 0.25) is 0 Å². The van der Waals surface area contributed by atoms with E-state index in [-0.39, 0.29) is 29.4 Å². The molecule has 26 heavy (non-hydrogen) atoms. The summed E-state index contributed by atoms with van der Waals surface area (Å²) in [5, 5.41) is 3.42. The first kappa shape index (κ1) is 21.3. The number of rotatable bonds is 5. The molecule has 0 spiro atoms. The zero-order valence-corrected chi connectivity index (χ0v) is 18.0. The van der Waals surface area contributed by atoms with Crippen molar-refractivity contribution in [3.8, 4) is 5.75 Å². The standard InChI is InChI=1S/C20H31N3O2.HI/c1-24-18-9-7-16(8-10-18)20(11-13-25-14-12-20)15-22-19(21)23-17-5-3-2-4-6-17;/h7-10,17H,2-6,11-15H2,1H3,(H3,21,22,23);1H. The predicted octanol–water partition coefficient (Wildman–Crippen LogP) is 3.60. The number of aliphatic imine (C=N–C) groups is 1. The van der Waals surface area contributed by atoms with Gasteiger partial charge in [-0.05, 0) is 43.4 Å². The lowest BCUT2D eigenvalue weighted by Gasteiger charge is -2.36. The maximum atomic E-state index is 6.19. The van der Waals surface area contributed by atoms with Gasteiger partial charge in [-0.15, -0.1) is 24.0 Å². The molecule has 0 bridgehead atoms. The van der Waals surface area contributed by atoms with E-state index >= 15 is 0 Å². The minimum absolute atomic E-state index is 0. The van der Waals surface area contributed by atoms with Crippen LogP contribution in [0.25, 0.3) is 0 Å². The van der Waals surface area contributed by atoms with Crippen LogP contribution in [0, 0.1) is 0 Å². The third-order valence-electron chi connectivity index (χ3n) is 5.66. The number of halogens is 1. The van der Waals surface area contributed by atoms with E-state index in [0.29, 0.717) is 18.5 Å². The summed E-state index contributed by atoms with van der Waals surface area (Å²) in [7, 11) is 1.70. The van der Waals surface area contributed by atoms with Crippen LogP contribution in [0.15, 0.2) is 29.3 Å². The van der Waals surface area contributed by atoms with Gasteiger partial charge >= 0.3 is 0 Å². The highest BCUT2D eigenvalue weighted by atomic mass is 127.